The fourth-order valence-corrected chi connectivity index (χ4v) is 4.38. The van der Waals surface area contributed by atoms with Crippen molar-refractivity contribution in [1.29, 1.82) is 0 Å². The number of pyridine rings is 1. The molecule has 1 saturated heterocycles. The molecule has 160 valence electrons. The van der Waals surface area contributed by atoms with Crippen LogP contribution >= 0.6 is 0 Å². The molecule has 0 unspecified atom stereocenters. The molecule has 0 spiro atoms. The molecule has 30 heavy (non-hydrogen) atoms. The van der Waals surface area contributed by atoms with E-state index in [2.05, 4.69) is 33.6 Å². The highest BCUT2D eigenvalue weighted by molar-refractivity contribution is 5.93. The van der Waals surface area contributed by atoms with Crippen LogP contribution in [0.2, 0.25) is 0 Å². The largest absolute Gasteiger partial charge is 0.343 e. The quantitative estimate of drug-likeness (QED) is 0.773. The van der Waals surface area contributed by atoms with Crippen molar-refractivity contribution < 1.29 is 9.59 Å². The monoisotopic (exact) mass is 410 g/mol. The Hall–Kier alpha value is -2.77. The van der Waals surface area contributed by atoms with Gasteiger partial charge in [0.1, 0.15) is 11.5 Å². The van der Waals surface area contributed by atoms with Crippen LogP contribution in [-0.4, -0.2) is 61.0 Å². The van der Waals surface area contributed by atoms with Gasteiger partial charge in [-0.3, -0.25) is 14.6 Å². The molecule has 0 N–H and O–H groups in total. The van der Waals surface area contributed by atoms with Gasteiger partial charge in [0.2, 0.25) is 5.91 Å². The molecule has 8 nitrogen and oxygen atoms in total. The number of piperidine rings is 1. The van der Waals surface area contributed by atoms with E-state index in [0.29, 0.717) is 43.6 Å². The molecule has 0 atom stereocenters. The highest BCUT2D eigenvalue weighted by atomic mass is 16.2. The van der Waals surface area contributed by atoms with E-state index in [1.807, 2.05) is 24.0 Å². The Balaban J connectivity index is 1.40. The lowest BCUT2D eigenvalue weighted by molar-refractivity contribution is -0.133. The Bertz CT molecular complexity index is 929. The van der Waals surface area contributed by atoms with Gasteiger partial charge in [0, 0.05) is 44.7 Å². The third kappa shape index (κ3) is 4.08. The lowest BCUT2D eigenvalue weighted by atomic mass is 9.95. The zero-order valence-corrected chi connectivity index (χ0v) is 18.0. The summed E-state index contributed by atoms with van der Waals surface area (Å²) in [6.07, 6.45) is 4.10. The molecule has 2 aliphatic rings. The van der Waals surface area contributed by atoms with Gasteiger partial charge in [-0.1, -0.05) is 19.9 Å². The van der Waals surface area contributed by atoms with E-state index in [1.54, 1.807) is 11.1 Å². The lowest BCUT2D eigenvalue weighted by Crippen LogP contribution is -2.41. The fraction of sp³-hybridized carbons (Fsp3) is 0.591. The molecule has 2 amide bonds. The highest BCUT2D eigenvalue weighted by Gasteiger charge is 2.31. The first-order valence-electron chi connectivity index (χ1n) is 10.8. The molecule has 4 rings (SSSR count). The van der Waals surface area contributed by atoms with Crippen molar-refractivity contribution >= 4 is 11.8 Å². The third-order valence-electron chi connectivity index (χ3n) is 6.08. The Morgan fingerprint density at radius 1 is 1.10 bits per heavy atom. The normalized spacial score (nSPS) is 17.3. The van der Waals surface area contributed by atoms with Gasteiger partial charge in [-0.25, -0.2) is 0 Å². The van der Waals surface area contributed by atoms with Crippen LogP contribution in [0.5, 0.6) is 0 Å². The fourth-order valence-electron chi connectivity index (χ4n) is 4.38. The van der Waals surface area contributed by atoms with Crippen molar-refractivity contribution in [3.05, 3.63) is 41.2 Å². The number of carbonyl (C=O) groups excluding carboxylic acids is 2. The number of hydrogen-bond acceptors (Lipinski definition) is 5. The van der Waals surface area contributed by atoms with Crippen LogP contribution in [0.25, 0.3) is 0 Å². The van der Waals surface area contributed by atoms with Crippen LogP contribution in [0.15, 0.2) is 18.3 Å². The highest BCUT2D eigenvalue weighted by Crippen LogP contribution is 2.29. The zero-order chi connectivity index (χ0) is 21.3. The zero-order valence-electron chi connectivity index (χ0n) is 18.0. The second kappa shape index (κ2) is 8.53. The summed E-state index contributed by atoms with van der Waals surface area (Å²) in [6, 6.07) is 3.75. The average molecular weight is 411 g/mol. The number of hydrogen-bond donors (Lipinski definition) is 0. The third-order valence-corrected chi connectivity index (χ3v) is 6.08. The van der Waals surface area contributed by atoms with Crippen LogP contribution < -0.4 is 0 Å². The SMILES string of the molecule is Cc1cccnc1C(=O)N1CCn2c(nnc2C2CCN(C(=O)CC(C)C)CC2)C1. The lowest BCUT2D eigenvalue weighted by Gasteiger charge is -2.33. The smallest absolute Gasteiger partial charge is 0.273 e. The van der Waals surface area contributed by atoms with Crippen LogP contribution in [0.1, 0.15) is 66.7 Å². The summed E-state index contributed by atoms with van der Waals surface area (Å²) in [5, 5.41) is 8.87. The number of aromatic nitrogens is 4. The first-order valence-corrected chi connectivity index (χ1v) is 10.8. The molecule has 0 saturated carbocycles. The standard InChI is InChI=1S/C22H30N6O2/c1-15(2)13-19(29)26-9-6-17(7-10-26)21-25-24-18-14-27(11-12-28(18)21)22(30)20-16(3)5-4-8-23-20/h4-5,8,15,17H,6-7,9-14H2,1-3H3. The molecule has 0 radical (unpaired) electrons. The summed E-state index contributed by atoms with van der Waals surface area (Å²) in [5.74, 6) is 2.74. The molecule has 2 aromatic heterocycles. The van der Waals surface area contributed by atoms with Crippen molar-refractivity contribution in [2.75, 3.05) is 19.6 Å². The number of likely N-dealkylation sites (tertiary alicyclic amines) is 1. The maximum Gasteiger partial charge on any atom is 0.273 e. The summed E-state index contributed by atoms with van der Waals surface area (Å²) >= 11 is 0. The van der Waals surface area contributed by atoms with E-state index in [-0.39, 0.29) is 11.8 Å². The predicted octanol–water partition coefficient (Wildman–Crippen LogP) is 2.39. The van der Waals surface area contributed by atoms with Gasteiger partial charge in [-0.15, -0.1) is 10.2 Å². The van der Waals surface area contributed by atoms with E-state index >= 15 is 0 Å². The van der Waals surface area contributed by atoms with Crippen molar-refractivity contribution in [1.82, 2.24) is 29.5 Å². The molecule has 0 aromatic carbocycles. The number of nitrogens with zero attached hydrogens (tertiary/aromatic N) is 6. The second-order valence-electron chi connectivity index (χ2n) is 8.77. The van der Waals surface area contributed by atoms with Gasteiger partial charge in [-0.2, -0.15) is 0 Å². The molecular weight excluding hydrogens is 380 g/mol. The molecular formula is C22H30N6O2. The number of fused-ring (bicyclic) bond motifs is 1. The molecule has 0 aliphatic carbocycles. The molecule has 0 bridgehead atoms. The Morgan fingerprint density at radius 3 is 2.57 bits per heavy atom. The van der Waals surface area contributed by atoms with Crippen molar-refractivity contribution in [3.63, 3.8) is 0 Å². The topological polar surface area (TPSA) is 84.2 Å². The molecule has 2 aromatic rings. The van der Waals surface area contributed by atoms with Gasteiger partial charge in [0.15, 0.2) is 5.82 Å². The number of rotatable bonds is 4. The summed E-state index contributed by atoms with van der Waals surface area (Å²) in [4.78, 5) is 33.3. The maximum atomic E-state index is 12.9. The number of carbonyl (C=O) groups is 2. The van der Waals surface area contributed by atoms with Crippen LogP contribution in [0.3, 0.4) is 0 Å². The van der Waals surface area contributed by atoms with Gasteiger partial charge < -0.3 is 14.4 Å². The molecule has 4 heterocycles. The molecule has 1 fully saturated rings. The van der Waals surface area contributed by atoms with E-state index in [0.717, 1.165) is 43.1 Å². The van der Waals surface area contributed by atoms with Crippen LogP contribution in [-0.2, 0) is 17.9 Å². The Labute approximate surface area is 177 Å². The first kappa shape index (κ1) is 20.5. The second-order valence-corrected chi connectivity index (χ2v) is 8.77. The molecule has 8 heteroatoms. The van der Waals surface area contributed by atoms with Gasteiger partial charge >= 0.3 is 0 Å². The van der Waals surface area contributed by atoms with E-state index in [1.165, 1.54) is 0 Å². The first-order chi connectivity index (χ1) is 14.4. The van der Waals surface area contributed by atoms with Gasteiger partial charge in [0.25, 0.3) is 5.91 Å². The minimum absolute atomic E-state index is 0.0547. The molecule has 2 aliphatic heterocycles. The summed E-state index contributed by atoms with van der Waals surface area (Å²) in [7, 11) is 0. The van der Waals surface area contributed by atoms with E-state index < -0.39 is 0 Å². The number of aryl methyl sites for hydroxylation is 1. The van der Waals surface area contributed by atoms with Gasteiger partial charge in [0.05, 0.1) is 6.54 Å². The van der Waals surface area contributed by atoms with Crippen LogP contribution in [0.4, 0.5) is 0 Å². The summed E-state index contributed by atoms with van der Waals surface area (Å²) in [6.45, 7) is 9.40. The van der Waals surface area contributed by atoms with Gasteiger partial charge in [-0.05, 0) is 37.3 Å². The van der Waals surface area contributed by atoms with Crippen molar-refractivity contribution in [3.8, 4) is 0 Å². The van der Waals surface area contributed by atoms with E-state index in [4.69, 9.17) is 0 Å². The maximum absolute atomic E-state index is 12.9. The minimum atomic E-state index is -0.0547. The van der Waals surface area contributed by atoms with Crippen LogP contribution in [0, 0.1) is 12.8 Å². The average Bonchev–Trinajstić information content (AvgIpc) is 3.16. The minimum Gasteiger partial charge on any atom is -0.343 e. The van der Waals surface area contributed by atoms with Crippen molar-refractivity contribution in [2.45, 2.75) is 59.0 Å². The Kier molecular flexibility index (Phi) is 5.83. The number of amides is 2. The van der Waals surface area contributed by atoms with E-state index in [9.17, 15) is 9.59 Å². The Morgan fingerprint density at radius 2 is 1.87 bits per heavy atom. The van der Waals surface area contributed by atoms with Crippen molar-refractivity contribution in [2.24, 2.45) is 5.92 Å². The predicted molar refractivity (Wildman–Crippen MR) is 112 cm³/mol. The summed E-state index contributed by atoms with van der Waals surface area (Å²) < 4.78 is 2.17. The summed E-state index contributed by atoms with van der Waals surface area (Å²) in [5.41, 5.74) is 1.39.